The average Bonchev–Trinajstić information content (AvgIpc) is 3.32. The molecule has 0 radical (unpaired) electrons. The highest BCUT2D eigenvalue weighted by Crippen LogP contribution is 2.31. The van der Waals surface area contributed by atoms with Gasteiger partial charge < -0.3 is 5.11 Å². The van der Waals surface area contributed by atoms with Gasteiger partial charge in [-0.15, -0.1) is 22.7 Å². The highest BCUT2D eigenvalue weighted by molar-refractivity contribution is 7.16. The number of nitrogens with zero attached hydrogens (tertiary/aromatic N) is 3. The third-order valence-corrected chi connectivity index (χ3v) is 6.43. The van der Waals surface area contributed by atoms with Crippen LogP contribution in [-0.2, 0) is 30.9 Å². The van der Waals surface area contributed by atoms with E-state index in [0.717, 1.165) is 34.4 Å². The second kappa shape index (κ2) is 7.36. The molecule has 2 aromatic heterocycles. The van der Waals surface area contributed by atoms with Gasteiger partial charge in [0.2, 0.25) is 0 Å². The zero-order chi connectivity index (χ0) is 18.1. The number of fused-ring (bicyclic) bond motifs is 1. The van der Waals surface area contributed by atoms with Gasteiger partial charge >= 0.3 is 0 Å². The Morgan fingerprint density at radius 1 is 1.19 bits per heavy atom. The predicted octanol–water partition coefficient (Wildman–Crippen LogP) is 3.19. The van der Waals surface area contributed by atoms with Crippen molar-refractivity contribution in [3.05, 3.63) is 56.5 Å². The van der Waals surface area contributed by atoms with Gasteiger partial charge in [0.25, 0.3) is 0 Å². The molecule has 3 aromatic rings. The number of Topliss-reactive ketones (excluding diaryl/α,β-unsaturated/α-hetero) is 1. The molecular weight excluding hydrogens is 366 g/mol. The van der Waals surface area contributed by atoms with Crippen molar-refractivity contribution in [3.63, 3.8) is 0 Å². The zero-order valence-corrected chi connectivity index (χ0v) is 16.1. The van der Waals surface area contributed by atoms with Gasteiger partial charge in [-0.3, -0.25) is 9.69 Å². The minimum absolute atomic E-state index is 0.0563. The Kier molecular flexibility index (Phi) is 4.95. The van der Waals surface area contributed by atoms with Crippen LogP contribution < -0.4 is 0 Å². The van der Waals surface area contributed by atoms with E-state index in [1.165, 1.54) is 33.8 Å². The Morgan fingerprint density at radius 2 is 1.92 bits per heavy atom. The van der Waals surface area contributed by atoms with Crippen molar-refractivity contribution in [2.24, 2.45) is 0 Å². The molecular formula is C19H19N3O2S2. The molecule has 0 bridgehead atoms. The van der Waals surface area contributed by atoms with Gasteiger partial charge in [-0.1, -0.05) is 24.3 Å². The molecule has 4 rings (SSSR count). The molecule has 1 aliphatic rings. The van der Waals surface area contributed by atoms with Crippen molar-refractivity contribution >= 4 is 28.5 Å². The lowest BCUT2D eigenvalue weighted by Crippen LogP contribution is -2.25. The summed E-state index contributed by atoms with van der Waals surface area (Å²) in [6.07, 6.45) is 0.363. The van der Waals surface area contributed by atoms with E-state index in [4.69, 9.17) is 0 Å². The number of aromatic nitrogens is 2. The van der Waals surface area contributed by atoms with E-state index >= 15 is 0 Å². The van der Waals surface area contributed by atoms with E-state index in [9.17, 15) is 9.90 Å². The average molecular weight is 386 g/mol. The van der Waals surface area contributed by atoms with Gasteiger partial charge in [0, 0.05) is 18.5 Å². The molecule has 7 heteroatoms. The summed E-state index contributed by atoms with van der Waals surface area (Å²) in [5, 5.41) is 12.7. The second-order valence-corrected chi connectivity index (χ2v) is 8.46. The lowest BCUT2D eigenvalue weighted by Gasteiger charge is -2.12. The summed E-state index contributed by atoms with van der Waals surface area (Å²) in [7, 11) is 0. The maximum Gasteiger partial charge on any atom is 0.153 e. The lowest BCUT2D eigenvalue weighted by molar-refractivity contribution is -0.119. The molecule has 5 nitrogen and oxygen atoms in total. The van der Waals surface area contributed by atoms with Gasteiger partial charge in [-0.25, -0.2) is 9.97 Å². The van der Waals surface area contributed by atoms with Crippen LogP contribution >= 0.6 is 22.7 Å². The van der Waals surface area contributed by atoms with Crippen LogP contribution in [-0.4, -0.2) is 32.3 Å². The van der Waals surface area contributed by atoms with Crippen LogP contribution in [0.2, 0.25) is 0 Å². The Balaban J connectivity index is 1.38. The van der Waals surface area contributed by atoms with Crippen molar-refractivity contribution in [2.45, 2.75) is 33.0 Å². The van der Waals surface area contributed by atoms with Gasteiger partial charge in [0.1, 0.15) is 10.0 Å². The fourth-order valence-electron chi connectivity index (χ4n) is 3.24. The largest absolute Gasteiger partial charge is 0.389 e. The van der Waals surface area contributed by atoms with Gasteiger partial charge in [0.15, 0.2) is 5.78 Å². The summed E-state index contributed by atoms with van der Waals surface area (Å²) in [5.74, 6) is 0.191. The third-order valence-electron chi connectivity index (χ3n) is 4.42. The summed E-state index contributed by atoms with van der Waals surface area (Å²) in [4.78, 5) is 24.6. The van der Waals surface area contributed by atoms with Crippen molar-refractivity contribution in [1.82, 2.24) is 14.9 Å². The van der Waals surface area contributed by atoms with Crippen LogP contribution in [0, 0.1) is 6.92 Å². The van der Waals surface area contributed by atoms with Crippen LogP contribution in [0.25, 0.3) is 10.6 Å². The number of aliphatic hydroxyl groups excluding tert-OH is 1. The first-order valence-corrected chi connectivity index (χ1v) is 10.1. The fourth-order valence-corrected chi connectivity index (χ4v) is 5.02. The Morgan fingerprint density at radius 3 is 2.58 bits per heavy atom. The van der Waals surface area contributed by atoms with Crippen LogP contribution in [0.3, 0.4) is 0 Å². The quantitative estimate of drug-likeness (QED) is 0.706. The standard InChI is InChI=1S/C19H19N3O2S2/c1-12-19(26-18(10-23)20-12)16-11-25-17(21-16)6-15(24)9-22-7-13-4-2-3-5-14(13)8-22/h2-5,11,23H,6-10H2,1H3. The van der Waals surface area contributed by atoms with Crippen LogP contribution in [0.15, 0.2) is 29.6 Å². The van der Waals surface area contributed by atoms with Crippen molar-refractivity contribution in [3.8, 4) is 10.6 Å². The highest BCUT2D eigenvalue weighted by atomic mass is 32.1. The van der Waals surface area contributed by atoms with Crippen molar-refractivity contribution in [2.75, 3.05) is 6.54 Å². The molecule has 0 unspecified atom stereocenters. The molecule has 0 aliphatic carbocycles. The molecule has 0 atom stereocenters. The number of thiazole rings is 2. The number of ketones is 1. The predicted molar refractivity (Wildman–Crippen MR) is 103 cm³/mol. The van der Waals surface area contributed by atoms with Gasteiger partial charge in [0.05, 0.1) is 35.8 Å². The number of benzene rings is 1. The second-order valence-electron chi connectivity index (χ2n) is 6.44. The Labute approximate surface area is 160 Å². The molecule has 0 fully saturated rings. The number of hydrogen-bond donors (Lipinski definition) is 1. The molecule has 1 aliphatic heterocycles. The van der Waals surface area contributed by atoms with Crippen LogP contribution in [0.4, 0.5) is 0 Å². The summed E-state index contributed by atoms with van der Waals surface area (Å²) in [5.41, 5.74) is 4.35. The molecule has 1 N–H and O–H groups in total. The molecule has 0 amide bonds. The summed E-state index contributed by atoms with van der Waals surface area (Å²) in [6.45, 7) is 4.00. The Bertz CT molecular complexity index is 923. The molecule has 0 spiro atoms. The van der Waals surface area contributed by atoms with Gasteiger partial charge in [-0.2, -0.15) is 0 Å². The SMILES string of the molecule is Cc1nc(CO)sc1-c1csc(CC(=O)CN2Cc3ccccc3C2)n1. The van der Waals surface area contributed by atoms with Crippen molar-refractivity contribution < 1.29 is 9.90 Å². The monoisotopic (exact) mass is 385 g/mol. The number of hydrogen-bond acceptors (Lipinski definition) is 7. The van der Waals surface area contributed by atoms with E-state index in [1.54, 1.807) is 0 Å². The van der Waals surface area contributed by atoms with E-state index in [0.29, 0.717) is 18.0 Å². The number of aryl methyl sites for hydroxylation is 1. The van der Waals surface area contributed by atoms with Crippen LogP contribution in [0.5, 0.6) is 0 Å². The molecule has 0 saturated carbocycles. The maximum atomic E-state index is 12.5. The maximum absolute atomic E-state index is 12.5. The zero-order valence-electron chi connectivity index (χ0n) is 14.4. The molecule has 26 heavy (non-hydrogen) atoms. The normalized spacial score (nSPS) is 13.9. The smallest absolute Gasteiger partial charge is 0.153 e. The lowest BCUT2D eigenvalue weighted by atomic mass is 10.1. The number of carbonyl (C=O) groups excluding carboxylic acids is 1. The van der Waals surface area contributed by atoms with E-state index in [-0.39, 0.29) is 12.4 Å². The minimum atomic E-state index is -0.0563. The number of carbonyl (C=O) groups is 1. The third kappa shape index (κ3) is 3.61. The highest BCUT2D eigenvalue weighted by Gasteiger charge is 2.21. The number of aliphatic hydroxyl groups is 1. The first-order chi connectivity index (χ1) is 12.6. The summed E-state index contributed by atoms with van der Waals surface area (Å²) >= 11 is 2.96. The first-order valence-electron chi connectivity index (χ1n) is 8.45. The van der Waals surface area contributed by atoms with E-state index in [1.807, 2.05) is 24.4 Å². The van der Waals surface area contributed by atoms with Crippen LogP contribution in [0.1, 0.15) is 26.8 Å². The Hall–Kier alpha value is -1.93. The number of rotatable bonds is 6. The summed E-state index contributed by atoms with van der Waals surface area (Å²) in [6, 6.07) is 8.35. The molecule has 0 saturated heterocycles. The van der Waals surface area contributed by atoms with E-state index < -0.39 is 0 Å². The molecule has 1 aromatic carbocycles. The first kappa shape index (κ1) is 17.5. The molecule has 3 heterocycles. The van der Waals surface area contributed by atoms with Crippen molar-refractivity contribution in [1.29, 1.82) is 0 Å². The minimum Gasteiger partial charge on any atom is -0.389 e. The molecule has 134 valence electrons. The topological polar surface area (TPSA) is 66.3 Å². The van der Waals surface area contributed by atoms with Gasteiger partial charge in [-0.05, 0) is 18.1 Å². The fraction of sp³-hybridized carbons (Fsp3) is 0.316. The summed E-state index contributed by atoms with van der Waals surface area (Å²) < 4.78 is 0. The van der Waals surface area contributed by atoms with E-state index in [2.05, 4.69) is 27.0 Å².